The van der Waals surface area contributed by atoms with Crippen LogP contribution in [0.15, 0.2) is 48.8 Å². The molecule has 2 aromatic heterocycles. The lowest BCUT2D eigenvalue weighted by molar-refractivity contribution is 0.0942. The van der Waals surface area contributed by atoms with Gasteiger partial charge in [-0.3, -0.25) is 14.2 Å². The number of carbonyl (C=O) groups is 1. The number of amides is 1. The van der Waals surface area contributed by atoms with Gasteiger partial charge in [-0.1, -0.05) is 12.1 Å². The van der Waals surface area contributed by atoms with Gasteiger partial charge < -0.3 is 5.32 Å². The summed E-state index contributed by atoms with van der Waals surface area (Å²) in [5.41, 5.74) is 4.13. The van der Waals surface area contributed by atoms with E-state index in [4.69, 9.17) is 0 Å². The lowest BCUT2D eigenvalue weighted by Crippen LogP contribution is -2.32. The molecule has 0 unspecified atom stereocenters. The molecule has 3 aromatic rings. The largest absolute Gasteiger partial charge is 0.351 e. The molecule has 2 heterocycles. The van der Waals surface area contributed by atoms with Gasteiger partial charge in [0.1, 0.15) is 0 Å². The number of carbonyl (C=O) groups excluding carboxylic acids is 1. The number of nitrogens with one attached hydrogen (secondary N) is 1. The van der Waals surface area contributed by atoms with E-state index in [1.54, 1.807) is 6.20 Å². The molecule has 1 aliphatic rings. The summed E-state index contributed by atoms with van der Waals surface area (Å²) in [5.74, 6) is -0.0167. The zero-order chi connectivity index (χ0) is 18.9. The number of nitrogens with zero attached hydrogens (tertiary/aromatic N) is 4. The Bertz CT molecular complexity index is 937. The van der Waals surface area contributed by atoms with E-state index in [1.807, 2.05) is 48.1 Å². The number of benzene rings is 1. The summed E-state index contributed by atoms with van der Waals surface area (Å²) in [5, 5.41) is 11.9. The second-order valence-electron chi connectivity index (χ2n) is 7.67. The Morgan fingerprint density at radius 3 is 2.74 bits per heavy atom. The van der Waals surface area contributed by atoms with Crippen molar-refractivity contribution >= 4 is 5.91 Å². The molecule has 0 radical (unpaired) electrons. The van der Waals surface area contributed by atoms with E-state index in [9.17, 15) is 4.79 Å². The minimum atomic E-state index is -0.0167. The van der Waals surface area contributed by atoms with Gasteiger partial charge in [-0.05, 0) is 56.5 Å². The Balaban J connectivity index is 1.37. The van der Waals surface area contributed by atoms with E-state index >= 15 is 0 Å². The summed E-state index contributed by atoms with van der Waals surface area (Å²) in [7, 11) is 0. The SMILES string of the molecule is Cc1cc(C)n(CC2(CNC(=O)c3cccc(Cn4cccn4)c3)CC2)n1. The van der Waals surface area contributed by atoms with Crippen molar-refractivity contribution in [1.29, 1.82) is 0 Å². The maximum absolute atomic E-state index is 12.6. The van der Waals surface area contributed by atoms with Crippen molar-refractivity contribution in [1.82, 2.24) is 24.9 Å². The van der Waals surface area contributed by atoms with E-state index in [2.05, 4.69) is 33.2 Å². The van der Waals surface area contributed by atoms with E-state index in [1.165, 1.54) is 5.69 Å². The molecular weight excluding hydrogens is 338 g/mol. The summed E-state index contributed by atoms with van der Waals surface area (Å²) < 4.78 is 3.92. The molecule has 6 heteroatoms. The highest BCUT2D eigenvalue weighted by atomic mass is 16.1. The molecule has 4 rings (SSSR count). The third kappa shape index (κ3) is 4.10. The predicted octanol–water partition coefficient (Wildman–Crippen LogP) is 2.95. The first kappa shape index (κ1) is 17.5. The third-order valence-electron chi connectivity index (χ3n) is 5.26. The van der Waals surface area contributed by atoms with Gasteiger partial charge in [0.25, 0.3) is 5.91 Å². The van der Waals surface area contributed by atoms with Crippen LogP contribution in [-0.2, 0) is 13.1 Å². The second-order valence-corrected chi connectivity index (χ2v) is 7.67. The molecule has 0 aliphatic heterocycles. The molecule has 0 saturated heterocycles. The zero-order valence-corrected chi connectivity index (χ0v) is 15.9. The molecular formula is C21H25N5O. The summed E-state index contributed by atoms with van der Waals surface area (Å²) in [4.78, 5) is 12.6. The Morgan fingerprint density at radius 2 is 2.07 bits per heavy atom. The summed E-state index contributed by atoms with van der Waals surface area (Å²) >= 11 is 0. The minimum absolute atomic E-state index is 0.0167. The van der Waals surface area contributed by atoms with Gasteiger partial charge in [0.05, 0.1) is 12.2 Å². The molecule has 0 spiro atoms. The molecule has 1 N–H and O–H groups in total. The van der Waals surface area contributed by atoms with Crippen molar-refractivity contribution in [2.24, 2.45) is 5.41 Å². The normalized spacial score (nSPS) is 14.9. The summed E-state index contributed by atoms with van der Waals surface area (Å²) in [6, 6.07) is 11.7. The van der Waals surface area contributed by atoms with E-state index in [0.717, 1.165) is 30.6 Å². The molecule has 1 aliphatic carbocycles. The fourth-order valence-electron chi connectivity index (χ4n) is 3.48. The topological polar surface area (TPSA) is 64.7 Å². The standard InChI is InChI=1S/C21H25N5O/c1-16-11-17(2)26(24-16)15-21(7-8-21)14-22-20(27)19-6-3-5-18(12-19)13-25-10-4-9-23-25/h3-6,9-12H,7-8,13-15H2,1-2H3,(H,22,27). The number of hydrogen-bond donors (Lipinski definition) is 1. The fourth-order valence-corrected chi connectivity index (χ4v) is 3.48. The molecule has 1 saturated carbocycles. The fraction of sp³-hybridized carbons (Fsp3) is 0.381. The van der Waals surface area contributed by atoms with Gasteiger partial charge in [0.2, 0.25) is 0 Å². The molecule has 27 heavy (non-hydrogen) atoms. The van der Waals surface area contributed by atoms with Crippen LogP contribution in [-0.4, -0.2) is 32.0 Å². The maximum Gasteiger partial charge on any atom is 0.251 e. The number of hydrogen-bond acceptors (Lipinski definition) is 3. The van der Waals surface area contributed by atoms with Crippen molar-refractivity contribution in [3.63, 3.8) is 0 Å². The van der Waals surface area contributed by atoms with Gasteiger partial charge >= 0.3 is 0 Å². The smallest absolute Gasteiger partial charge is 0.251 e. The van der Waals surface area contributed by atoms with Crippen LogP contribution in [0, 0.1) is 19.3 Å². The Kier molecular flexibility index (Phi) is 4.56. The third-order valence-corrected chi connectivity index (χ3v) is 5.26. The Hall–Kier alpha value is -2.89. The van der Waals surface area contributed by atoms with Crippen LogP contribution < -0.4 is 5.32 Å². The van der Waals surface area contributed by atoms with E-state index in [0.29, 0.717) is 18.7 Å². The Labute approximate surface area is 159 Å². The van der Waals surface area contributed by atoms with Crippen LogP contribution in [0.4, 0.5) is 0 Å². The lowest BCUT2D eigenvalue weighted by atomic mass is 10.1. The van der Waals surface area contributed by atoms with Crippen LogP contribution in [0.25, 0.3) is 0 Å². The van der Waals surface area contributed by atoms with Crippen LogP contribution in [0.3, 0.4) is 0 Å². The van der Waals surface area contributed by atoms with Crippen LogP contribution in [0.2, 0.25) is 0 Å². The van der Waals surface area contributed by atoms with Gasteiger partial charge in [0.15, 0.2) is 0 Å². The highest BCUT2D eigenvalue weighted by molar-refractivity contribution is 5.94. The molecule has 140 valence electrons. The summed E-state index contributed by atoms with van der Waals surface area (Å²) in [6.45, 7) is 6.32. The molecule has 0 atom stereocenters. The van der Waals surface area contributed by atoms with Crippen LogP contribution in [0.1, 0.15) is 40.2 Å². The molecule has 1 fully saturated rings. The van der Waals surface area contributed by atoms with E-state index < -0.39 is 0 Å². The monoisotopic (exact) mass is 363 g/mol. The zero-order valence-electron chi connectivity index (χ0n) is 15.9. The molecule has 6 nitrogen and oxygen atoms in total. The van der Waals surface area contributed by atoms with E-state index in [-0.39, 0.29) is 11.3 Å². The summed E-state index contributed by atoms with van der Waals surface area (Å²) in [6.07, 6.45) is 5.94. The van der Waals surface area contributed by atoms with Crippen molar-refractivity contribution in [2.45, 2.75) is 39.8 Å². The van der Waals surface area contributed by atoms with Crippen molar-refractivity contribution in [3.8, 4) is 0 Å². The lowest BCUT2D eigenvalue weighted by Gasteiger charge is -2.17. The van der Waals surface area contributed by atoms with Crippen molar-refractivity contribution < 1.29 is 4.79 Å². The molecule has 1 aromatic carbocycles. The molecule has 0 bridgehead atoms. The first-order valence-electron chi connectivity index (χ1n) is 9.39. The average molecular weight is 363 g/mol. The van der Waals surface area contributed by atoms with Crippen molar-refractivity contribution in [2.75, 3.05) is 6.54 Å². The Morgan fingerprint density at radius 1 is 1.22 bits per heavy atom. The van der Waals surface area contributed by atoms with Crippen LogP contribution in [0.5, 0.6) is 0 Å². The first-order chi connectivity index (χ1) is 13.0. The van der Waals surface area contributed by atoms with Gasteiger partial charge in [-0.25, -0.2) is 0 Å². The highest BCUT2D eigenvalue weighted by Crippen LogP contribution is 2.46. The number of rotatable bonds is 7. The minimum Gasteiger partial charge on any atom is -0.351 e. The van der Waals surface area contributed by atoms with Crippen LogP contribution >= 0.6 is 0 Å². The second kappa shape index (κ2) is 7.02. The van der Waals surface area contributed by atoms with Gasteiger partial charge in [-0.15, -0.1) is 0 Å². The first-order valence-corrected chi connectivity index (χ1v) is 9.39. The highest BCUT2D eigenvalue weighted by Gasteiger charge is 2.43. The predicted molar refractivity (Wildman–Crippen MR) is 103 cm³/mol. The number of aromatic nitrogens is 4. The quantitative estimate of drug-likeness (QED) is 0.702. The molecule has 1 amide bonds. The number of aryl methyl sites for hydroxylation is 2. The van der Waals surface area contributed by atoms with Gasteiger partial charge in [-0.2, -0.15) is 10.2 Å². The van der Waals surface area contributed by atoms with Gasteiger partial charge in [0, 0.05) is 42.2 Å². The van der Waals surface area contributed by atoms with Crippen molar-refractivity contribution in [3.05, 3.63) is 71.3 Å². The average Bonchev–Trinajstić information content (AvgIpc) is 3.07. The maximum atomic E-state index is 12.6.